The molecule has 2 amide bonds. The molecule has 0 saturated carbocycles. The van der Waals surface area contributed by atoms with Crippen molar-refractivity contribution in [3.63, 3.8) is 0 Å². The minimum atomic E-state index is -1.83. The minimum Gasteiger partial charge on any atom is -0.477 e. The number of likely N-dealkylation sites (N-methyl/N-ethyl adjacent to an activating group) is 1. The number of ether oxygens (including phenoxy) is 1. The first-order chi connectivity index (χ1) is 15.4. The first-order valence-electron chi connectivity index (χ1n) is 10.9. The van der Waals surface area contributed by atoms with Crippen LogP contribution in [0.25, 0.3) is 11.1 Å². The molecule has 8 heteroatoms. The van der Waals surface area contributed by atoms with E-state index in [2.05, 4.69) is 10.3 Å². The van der Waals surface area contributed by atoms with E-state index in [0.717, 1.165) is 36.0 Å². The fourth-order valence-corrected chi connectivity index (χ4v) is 3.03. The molecule has 32 heavy (non-hydrogen) atoms. The van der Waals surface area contributed by atoms with E-state index in [9.17, 15) is 19.8 Å². The third-order valence-corrected chi connectivity index (χ3v) is 4.99. The zero-order chi connectivity index (χ0) is 23.5. The number of amides is 2. The van der Waals surface area contributed by atoms with Crippen molar-refractivity contribution >= 4 is 11.8 Å². The number of unbranched alkanes of at least 4 members (excludes halogenated alkanes) is 1. The quantitative estimate of drug-likeness (QED) is 0.463. The van der Waals surface area contributed by atoms with Crippen molar-refractivity contribution in [1.82, 2.24) is 15.2 Å². The average Bonchev–Trinajstić information content (AvgIpc) is 2.83. The normalized spacial score (nSPS) is 12.7. The summed E-state index contributed by atoms with van der Waals surface area (Å²) >= 11 is 0. The second kappa shape index (κ2) is 12.8. The molecule has 2 rings (SSSR count). The van der Waals surface area contributed by atoms with Gasteiger partial charge in [-0.05, 0) is 36.1 Å². The predicted molar refractivity (Wildman–Crippen MR) is 122 cm³/mol. The van der Waals surface area contributed by atoms with E-state index < -0.39 is 24.0 Å². The smallest absolute Gasteiger partial charge is 0.254 e. The molecule has 2 atom stereocenters. The minimum absolute atomic E-state index is 0.148. The van der Waals surface area contributed by atoms with E-state index in [4.69, 9.17) is 4.74 Å². The Bertz CT molecular complexity index is 872. The highest BCUT2D eigenvalue weighted by Crippen LogP contribution is 2.28. The van der Waals surface area contributed by atoms with Crippen molar-refractivity contribution in [3.05, 3.63) is 48.2 Å². The molecule has 174 valence electrons. The maximum atomic E-state index is 12.2. The van der Waals surface area contributed by atoms with Gasteiger partial charge in [0.05, 0.1) is 6.61 Å². The Morgan fingerprint density at radius 1 is 1.09 bits per heavy atom. The molecule has 0 bridgehead atoms. The van der Waals surface area contributed by atoms with Gasteiger partial charge >= 0.3 is 0 Å². The molecular weight excluding hydrogens is 410 g/mol. The SMILES string of the molecule is CCCCN(C)C(=O)[C@H](O)[C@@H](O)C(=O)NCc1ccc(-c2cccnc2OCCC)cc1. The molecule has 8 nitrogen and oxygen atoms in total. The summed E-state index contributed by atoms with van der Waals surface area (Å²) < 4.78 is 5.71. The largest absolute Gasteiger partial charge is 0.477 e. The van der Waals surface area contributed by atoms with Crippen molar-refractivity contribution in [2.24, 2.45) is 0 Å². The zero-order valence-corrected chi connectivity index (χ0v) is 19.0. The van der Waals surface area contributed by atoms with E-state index in [0.29, 0.717) is 19.0 Å². The number of aliphatic hydroxyl groups is 2. The number of benzene rings is 1. The van der Waals surface area contributed by atoms with Gasteiger partial charge in [-0.15, -0.1) is 0 Å². The first-order valence-corrected chi connectivity index (χ1v) is 10.9. The van der Waals surface area contributed by atoms with Crippen LogP contribution in [-0.4, -0.2) is 64.3 Å². The van der Waals surface area contributed by atoms with Gasteiger partial charge in [0.25, 0.3) is 11.8 Å². The molecule has 1 heterocycles. The summed E-state index contributed by atoms with van der Waals surface area (Å²) in [6, 6.07) is 11.3. The fraction of sp³-hybridized carbons (Fsp3) is 0.458. The highest BCUT2D eigenvalue weighted by atomic mass is 16.5. The summed E-state index contributed by atoms with van der Waals surface area (Å²) in [5.41, 5.74) is 2.60. The number of carbonyl (C=O) groups is 2. The van der Waals surface area contributed by atoms with Gasteiger partial charge < -0.3 is 25.2 Å². The number of nitrogens with one attached hydrogen (secondary N) is 1. The Balaban J connectivity index is 1.94. The Morgan fingerprint density at radius 3 is 2.47 bits per heavy atom. The molecule has 0 aliphatic heterocycles. The molecule has 0 unspecified atom stereocenters. The summed E-state index contributed by atoms with van der Waals surface area (Å²) in [5.74, 6) is -0.912. The van der Waals surface area contributed by atoms with Gasteiger partial charge in [0.15, 0.2) is 12.2 Å². The maximum Gasteiger partial charge on any atom is 0.254 e. The number of pyridine rings is 1. The third kappa shape index (κ3) is 7.03. The molecular formula is C24H33N3O5. The number of carbonyl (C=O) groups excluding carboxylic acids is 2. The first kappa shape index (κ1) is 25.3. The molecule has 1 aromatic carbocycles. The number of hydrogen-bond acceptors (Lipinski definition) is 6. The fourth-order valence-electron chi connectivity index (χ4n) is 3.03. The highest BCUT2D eigenvalue weighted by Gasteiger charge is 2.31. The molecule has 0 saturated heterocycles. The van der Waals surface area contributed by atoms with Gasteiger partial charge in [-0.25, -0.2) is 4.98 Å². The van der Waals surface area contributed by atoms with Gasteiger partial charge in [0.2, 0.25) is 5.88 Å². The Hall–Kier alpha value is -2.97. The van der Waals surface area contributed by atoms with E-state index in [1.807, 2.05) is 50.2 Å². The van der Waals surface area contributed by atoms with Crippen molar-refractivity contribution in [2.75, 3.05) is 20.2 Å². The van der Waals surface area contributed by atoms with Crippen LogP contribution in [0.3, 0.4) is 0 Å². The van der Waals surface area contributed by atoms with Crippen LogP contribution in [0.4, 0.5) is 0 Å². The molecule has 0 aliphatic carbocycles. The number of rotatable bonds is 12. The molecule has 2 aromatic rings. The highest BCUT2D eigenvalue weighted by molar-refractivity contribution is 5.90. The van der Waals surface area contributed by atoms with Crippen molar-refractivity contribution < 1.29 is 24.5 Å². The van der Waals surface area contributed by atoms with E-state index in [1.54, 1.807) is 6.20 Å². The van der Waals surface area contributed by atoms with Crippen LogP contribution in [0.15, 0.2) is 42.6 Å². The molecule has 0 spiro atoms. The lowest BCUT2D eigenvalue weighted by Gasteiger charge is -2.23. The topological polar surface area (TPSA) is 112 Å². The number of hydrogen-bond donors (Lipinski definition) is 3. The van der Waals surface area contributed by atoms with Crippen LogP contribution in [-0.2, 0) is 16.1 Å². The second-order valence-corrected chi connectivity index (χ2v) is 7.62. The van der Waals surface area contributed by atoms with E-state index >= 15 is 0 Å². The van der Waals surface area contributed by atoms with Crippen LogP contribution < -0.4 is 10.1 Å². The lowest BCUT2D eigenvalue weighted by Crippen LogP contribution is -2.49. The number of nitrogens with zero attached hydrogens (tertiary/aromatic N) is 2. The van der Waals surface area contributed by atoms with Gasteiger partial charge in [0, 0.05) is 31.9 Å². The van der Waals surface area contributed by atoms with Gasteiger partial charge in [-0.2, -0.15) is 0 Å². The lowest BCUT2D eigenvalue weighted by molar-refractivity contribution is -0.152. The monoisotopic (exact) mass is 443 g/mol. The zero-order valence-electron chi connectivity index (χ0n) is 19.0. The van der Waals surface area contributed by atoms with Gasteiger partial charge in [-0.1, -0.05) is 44.5 Å². The summed E-state index contributed by atoms with van der Waals surface area (Å²) in [6.07, 6.45) is 0.605. The molecule has 3 N–H and O–H groups in total. The third-order valence-electron chi connectivity index (χ3n) is 4.99. The standard InChI is InChI=1S/C24H33N3O5/c1-4-6-14-27(3)24(31)21(29)20(28)22(30)26-16-17-9-11-18(12-10-17)19-8-7-13-25-23(19)32-15-5-2/h7-13,20-21,28-29H,4-6,14-16H2,1-3H3,(H,26,30)/t20-,21-/m1/s1. The van der Waals surface area contributed by atoms with Gasteiger partial charge in [-0.3, -0.25) is 9.59 Å². The summed E-state index contributed by atoms with van der Waals surface area (Å²) in [6.45, 7) is 5.20. The van der Waals surface area contributed by atoms with Crippen molar-refractivity contribution in [1.29, 1.82) is 0 Å². The average molecular weight is 444 g/mol. The van der Waals surface area contributed by atoms with Crippen LogP contribution in [0.5, 0.6) is 5.88 Å². The summed E-state index contributed by atoms with van der Waals surface area (Å²) in [7, 11) is 1.54. The predicted octanol–water partition coefficient (Wildman–Crippen LogP) is 2.13. The van der Waals surface area contributed by atoms with Crippen LogP contribution in [0.1, 0.15) is 38.7 Å². The van der Waals surface area contributed by atoms with Crippen molar-refractivity contribution in [3.8, 4) is 17.0 Å². The number of aromatic nitrogens is 1. The molecule has 0 aliphatic rings. The van der Waals surface area contributed by atoms with E-state index in [1.165, 1.54) is 11.9 Å². The van der Waals surface area contributed by atoms with Crippen LogP contribution >= 0.6 is 0 Å². The van der Waals surface area contributed by atoms with Crippen molar-refractivity contribution in [2.45, 2.75) is 51.9 Å². The summed E-state index contributed by atoms with van der Waals surface area (Å²) in [5, 5.41) is 22.7. The molecule has 0 fully saturated rings. The molecule has 0 radical (unpaired) electrons. The Labute approximate surface area is 189 Å². The summed E-state index contributed by atoms with van der Waals surface area (Å²) in [4.78, 5) is 30.0. The maximum absolute atomic E-state index is 12.2. The number of aliphatic hydroxyl groups excluding tert-OH is 2. The van der Waals surface area contributed by atoms with Crippen LogP contribution in [0.2, 0.25) is 0 Å². The Morgan fingerprint density at radius 2 is 1.81 bits per heavy atom. The Kier molecular flexibility index (Phi) is 10.1. The van der Waals surface area contributed by atoms with Crippen LogP contribution in [0, 0.1) is 0 Å². The molecule has 1 aromatic heterocycles. The van der Waals surface area contributed by atoms with E-state index in [-0.39, 0.29) is 6.54 Å². The second-order valence-electron chi connectivity index (χ2n) is 7.62. The lowest BCUT2D eigenvalue weighted by atomic mass is 10.0. The van der Waals surface area contributed by atoms with Gasteiger partial charge in [0.1, 0.15) is 0 Å².